The van der Waals surface area contributed by atoms with E-state index in [1.807, 2.05) is 0 Å². The van der Waals surface area contributed by atoms with E-state index in [4.69, 9.17) is 9.47 Å². The minimum absolute atomic E-state index is 0.266. The summed E-state index contributed by atoms with van der Waals surface area (Å²) < 4.78 is 10.5. The molecule has 2 N–H and O–H groups in total. The normalized spacial score (nSPS) is 17.8. The molecule has 1 heterocycles. The van der Waals surface area contributed by atoms with Gasteiger partial charge in [0.15, 0.2) is 0 Å². The second-order valence-corrected chi connectivity index (χ2v) is 9.80. The molecule has 0 aliphatic carbocycles. The van der Waals surface area contributed by atoms with Gasteiger partial charge in [0.2, 0.25) is 5.91 Å². The molecule has 31 heavy (non-hydrogen) atoms. The number of carbonyl (C=O) groups excluding carboxylic acids is 3. The predicted molar refractivity (Wildman–Crippen MR) is 116 cm³/mol. The van der Waals surface area contributed by atoms with E-state index in [1.165, 1.54) is 0 Å². The van der Waals surface area contributed by atoms with Crippen LogP contribution >= 0.6 is 0 Å². The zero-order valence-electron chi connectivity index (χ0n) is 19.7. The number of nitrogens with zero attached hydrogens (tertiary/aromatic N) is 2. The van der Waals surface area contributed by atoms with E-state index in [0.717, 1.165) is 12.8 Å². The molecule has 0 radical (unpaired) electrons. The molecule has 1 fully saturated rings. The lowest BCUT2D eigenvalue weighted by Crippen LogP contribution is -2.53. The third-order valence-electron chi connectivity index (χ3n) is 4.51. The number of carbonyl (C=O) groups is 3. The first kappa shape index (κ1) is 26.5. The van der Waals surface area contributed by atoms with Gasteiger partial charge < -0.3 is 25.0 Å². The lowest BCUT2D eigenvalue weighted by Gasteiger charge is -2.34. The number of amides is 3. The van der Waals surface area contributed by atoms with Crippen molar-refractivity contribution >= 4 is 18.1 Å². The summed E-state index contributed by atoms with van der Waals surface area (Å²) in [5, 5.41) is 14.8. The Morgan fingerprint density at radius 2 is 1.65 bits per heavy atom. The summed E-state index contributed by atoms with van der Waals surface area (Å²) in [5.41, 5.74) is -1.25. The minimum Gasteiger partial charge on any atom is -0.444 e. The molecule has 1 saturated heterocycles. The van der Waals surface area contributed by atoms with Gasteiger partial charge in [0, 0.05) is 13.1 Å². The van der Waals surface area contributed by atoms with Crippen LogP contribution in [0.2, 0.25) is 0 Å². The Labute approximate surface area is 185 Å². The number of likely N-dealkylation sites (tertiary alicyclic amines) is 1. The smallest absolute Gasteiger partial charge is 0.408 e. The van der Waals surface area contributed by atoms with Crippen molar-refractivity contribution in [2.45, 2.75) is 103 Å². The first-order valence-corrected chi connectivity index (χ1v) is 11.0. The lowest BCUT2D eigenvalue weighted by atomic mass is 10.0. The van der Waals surface area contributed by atoms with Crippen molar-refractivity contribution < 1.29 is 23.9 Å². The van der Waals surface area contributed by atoms with E-state index in [2.05, 4.69) is 16.7 Å². The average Bonchev–Trinajstić information content (AvgIpc) is 2.63. The average molecular weight is 439 g/mol. The summed E-state index contributed by atoms with van der Waals surface area (Å²) >= 11 is 0. The highest BCUT2D eigenvalue weighted by Gasteiger charge is 2.33. The maximum Gasteiger partial charge on any atom is 0.408 e. The number of piperidine rings is 1. The van der Waals surface area contributed by atoms with Gasteiger partial charge in [-0.15, -0.1) is 0 Å². The van der Waals surface area contributed by atoms with E-state index in [-0.39, 0.29) is 5.91 Å². The molecule has 0 saturated carbocycles. The molecule has 0 bridgehead atoms. The number of nitrogens with one attached hydrogen (secondary N) is 2. The van der Waals surface area contributed by atoms with Gasteiger partial charge in [0.1, 0.15) is 23.3 Å². The van der Waals surface area contributed by atoms with Crippen LogP contribution in [-0.4, -0.2) is 59.4 Å². The highest BCUT2D eigenvalue weighted by molar-refractivity contribution is 5.86. The predicted octanol–water partition coefficient (Wildman–Crippen LogP) is 3.48. The highest BCUT2D eigenvalue weighted by atomic mass is 16.6. The Balaban J connectivity index is 2.66. The zero-order chi connectivity index (χ0) is 23.7. The molecule has 176 valence electrons. The zero-order valence-corrected chi connectivity index (χ0v) is 19.7. The maximum atomic E-state index is 13.1. The number of ether oxygens (including phenoxy) is 2. The van der Waals surface area contributed by atoms with Crippen LogP contribution in [0, 0.1) is 11.3 Å². The second kappa shape index (κ2) is 11.8. The molecule has 1 unspecified atom stereocenters. The van der Waals surface area contributed by atoms with Crippen LogP contribution in [0.3, 0.4) is 0 Å². The molecule has 0 spiro atoms. The first-order valence-electron chi connectivity index (χ1n) is 11.0. The minimum atomic E-state index is -0.787. The van der Waals surface area contributed by atoms with Crippen LogP contribution in [0.15, 0.2) is 0 Å². The van der Waals surface area contributed by atoms with Crippen LogP contribution in [-0.2, 0) is 14.3 Å². The molecular weight excluding hydrogens is 400 g/mol. The van der Waals surface area contributed by atoms with Crippen LogP contribution in [0.25, 0.3) is 0 Å². The third-order valence-corrected chi connectivity index (χ3v) is 4.51. The maximum absolute atomic E-state index is 13.1. The summed E-state index contributed by atoms with van der Waals surface area (Å²) in [6, 6.07) is 0.928. The van der Waals surface area contributed by atoms with Crippen molar-refractivity contribution in [2.75, 3.05) is 13.1 Å². The van der Waals surface area contributed by atoms with Gasteiger partial charge in [-0.3, -0.25) is 4.79 Å². The Bertz CT molecular complexity index is 660. The number of nitriles is 1. The van der Waals surface area contributed by atoms with Gasteiger partial charge >= 0.3 is 12.2 Å². The summed E-state index contributed by atoms with van der Waals surface area (Å²) in [7, 11) is 0. The van der Waals surface area contributed by atoms with E-state index in [9.17, 15) is 19.6 Å². The monoisotopic (exact) mass is 438 g/mol. The van der Waals surface area contributed by atoms with E-state index >= 15 is 0 Å². The summed E-state index contributed by atoms with van der Waals surface area (Å²) in [4.78, 5) is 38.7. The van der Waals surface area contributed by atoms with Crippen molar-refractivity contribution in [1.82, 2.24) is 15.5 Å². The molecule has 9 heteroatoms. The van der Waals surface area contributed by atoms with E-state index < -0.39 is 35.5 Å². The molecule has 2 atom stereocenters. The van der Waals surface area contributed by atoms with Crippen molar-refractivity contribution in [3.8, 4) is 6.07 Å². The van der Waals surface area contributed by atoms with Crippen LogP contribution in [0.5, 0.6) is 0 Å². The molecule has 0 aromatic heterocycles. The van der Waals surface area contributed by atoms with Crippen molar-refractivity contribution in [2.24, 2.45) is 0 Å². The van der Waals surface area contributed by atoms with Crippen LogP contribution in [0.4, 0.5) is 9.59 Å². The number of hydrogen-bond donors (Lipinski definition) is 2. The second-order valence-electron chi connectivity index (χ2n) is 9.80. The van der Waals surface area contributed by atoms with E-state index in [0.29, 0.717) is 38.8 Å². The molecule has 0 aromatic rings. The number of unbranched alkanes of at least 4 members (excludes halogenated alkanes) is 1. The fourth-order valence-corrected chi connectivity index (χ4v) is 3.21. The van der Waals surface area contributed by atoms with Crippen molar-refractivity contribution in [3.63, 3.8) is 0 Å². The number of hydrogen-bond acceptors (Lipinski definition) is 6. The molecule has 1 rings (SSSR count). The largest absolute Gasteiger partial charge is 0.444 e. The Morgan fingerprint density at radius 1 is 1.03 bits per heavy atom. The van der Waals surface area contributed by atoms with Gasteiger partial charge in [0.05, 0.1) is 6.07 Å². The topological polar surface area (TPSA) is 121 Å². The van der Waals surface area contributed by atoms with Crippen LogP contribution < -0.4 is 10.6 Å². The highest BCUT2D eigenvalue weighted by Crippen LogP contribution is 2.19. The van der Waals surface area contributed by atoms with Gasteiger partial charge in [-0.1, -0.05) is 0 Å². The standard InChI is InChI=1S/C22H38N4O5/c1-21(2,3)30-19(28)24-13-9-7-12-17(25-20(29)31-22(4,5)6)18(27)26-14-10-8-11-16(26)15-23/h16-17H,7-14H2,1-6H3,(H,24,28)(H,25,29)/t16?,17-/m0/s1. The summed E-state index contributed by atoms with van der Waals surface area (Å²) in [5.74, 6) is -0.266. The van der Waals surface area contributed by atoms with Gasteiger partial charge in [-0.2, -0.15) is 5.26 Å². The SMILES string of the molecule is CC(C)(C)OC(=O)NCCCC[C@H](NC(=O)OC(C)(C)C)C(=O)N1CCCCC1C#N. The Hall–Kier alpha value is -2.50. The molecule has 3 amide bonds. The number of alkyl carbamates (subject to hydrolysis) is 2. The van der Waals surface area contributed by atoms with Gasteiger partial charge in [0.25, 0.3) is 0 Å². The summed E-state index contributed by atoms with van der Waals surface area (Å²) in [6.45, 7) is 11.5. The van der Waals surface area contributed by atoms with E-state index in [1.54, 1.807) is 46.4 Å². The fourth-order valence-electron chi connectivity index (χ4n) is 3.21. The van der Waals surface area contributed by atoms with Crippen LogP contribution in [0.1, 0.15) is 80.1 Å². The fraction of sp³-hybridized carbons (Fsp3) is 0.818. The molecule has 9 nitrogen and oxygen atoms in total. The van der Waals surface area contributed by atoms with Crippen molar-refractivity contribution in [3.05, 3.63) is 0 Å². The molecule has 0 aromatic carbocycles. The summed E-state index contributed by atoms with van der Waals surface area (Å²) in [6.07, 6.45) is 2.81. The Kier molecular flexibility index (Phi) is 10.1. The Morgan fingerprint density at radius 3 is 2.23 bits per heavy atom. The van der Waals surface area contributed by atoms with Gasteiger partial charge in [-0.25, -0.2) is 9.59 Å². The molecular formula is C22H38N4O5. The first-order chi connectivity index (χ1) is 14.3. The molecule has 1 aliphatic heterocycles. The van der Waals surface area contributed by atoms with Crippen molar-refractivity contribution in [1.29, 1.82) is 5.26 Å². The quantitative estimate of drug-likeness (QED) is 0.587. The number of rotatable bonds is 7. The lowest BCUT2D eigenvalue weighted by molar-refractivity contribution is -0.136. The molecule has 1 aliphatic rings. The van der Waals surface area contributed by atoms with Gasteiger partial charge in [-0.05, 0) is 80.1 Å². The third kappa shape index (κ3) is 10.9.